The summed E-state index contributed by atoms with van der Waals surface area (Å²) in [5.74, 6) is 0.882. The van der Waals surface area contributed by atoms with Crippen LogP contribution in [0.1, 0.15) is 43.2 Å². The minimum atomic E-state index is 0.634. The van der Waals surface area contributed by atoms with Gasteiger partial charge in [0.1, 0.15) is 0 Å². The number of hydrogen-bond acceptors (Lipinski definition) is 3. The van der Waals surface area contributed by atoms with Crippen LogP contribution in [0.15, 0.2) is 11.4 Å². The van der Waals surface area contributed by atoms with Crippen molar-refractivity contribution in [1.82, 2.24) is 10.2 Å². The lowest BCUT2D eigenvalue weighted by Crippen LogP contribution is -2.52. The number of nitrogens with one attached hydrogen (secondary N) is 1. The Morgan fingerprint density at radius 1 is 1.44 bits per heavy atom. The first-order valence-corrected chi connectivity index (χ1v) is 8.22. The van der Waals surface area contributed by atoms with Crippen LogP contribution in [-0.2, 0) is 6.42 Å². The highest BCUT2D eigenvalue weighted by molar-refractivity contribution is 7.10. The molecule has 0 bridgehead atoms. The number of hydrogen-bond donors (Lipinski definition) is 1. The average molecular weight is 264 g/mol. The van der Waals surface area contributed by atoms with Gasteiger partial charge in [0.2, 0.25) is 0 Å². The maximum absolute atomic E-state index is 3.52. The predicted molar refractivity (Wildman–Crippen MR) is 78.2 cm³/mol. The lowest BCUT2D eigenvalue weighted by atomic mass is 9.77. The summed E-state index contributed by atoms with van der Waals surface area (Å²) in [5, 5.41) is 5.79. The van der Waals surface area contributed by atoms with Gasteiger partial charge in [0.05, 0.1) is 0 Å². The fraction of sp³-hybridized carbons (Fsp3) is 0.733. The molecule has 1 fully saturated rings. The zero-order valence-corrected chi connectivity index (χ0v) is 12.3. The van der Waals surface area contributed by atoms with Crippen LogP contribution in [0.3, 0.4) is 0 Å². The van der Waals surface area contributed by atoms with Gasteiger partial charge in [0.15, 0.2) is 0 Å². The highest BCUT2D eigenvalue weighted by Crippen LogP contribution is 2.40. The lowest BCUT2D eigenvalue weighted by molar-refractivity contribution is 0.0276. The Morgan fingerprint density at radius 2 is 2.33 bits per heavy atom. The third-order valence-corrected chi connectivity index (χ3v) is 5.78. The summed E-state index contributed by atoms with van der Waals surface area (Å²) in [6.07, 6.45) is 4.08. The molecule has 100 valence electrons. The van der Waals surface area contributed by atoms with Crippen molar-refractivity contribution in [3.8, 4) is 0 Å². The molecule has 0 radical (unpaired) electrons. The smallest absolute Gasteiger partial charge is 0.0334 e. The Hall–Kier alpha value is -0.380. The van der Waals surface area contributed by atoms with Crippen LogP contribution in [0.4, 0.5) is 0 Å². The van der Waals surface area contributed by atoms with Crippen LogP contribution >= 0.6 is 11.3 Å². The van der Waals surface area contributed by atoms with E-state index in [1.54, 1.807) is 10.4 Å². The van der Waals surface area contributed by atoms with Gasteiger partial charge in [0.25, 0.3) is 0 Å². The van der Waals surface area contributed by atoms with E-state index in [1.165, 1.54) is 32.4 Å². The second-order valence-electron chi connectivity index (χ2n) is 5.68. The van der Waals surface area contributed by atoms with Gasteiger partial charge in [-0.05, 0) is 62.2 Å². The summed E-state index contributed by atoms with van der Waals surface area (Å²) < 4.78 is 0. The van der Waals surface area contributed by atoms with Gasteiger partial charge < -0.3 is 5.32 Å². The number of nitrogens with zero attached hydrogens (tertiary/aromatic N) is 1. The highest BCUT2D eigenvalue weighted by atomic mass is 32.1. The lowest BCUT2D eigenvalue weighted by Gasteiger charge is -2.49. The van der Waals surface area contributed by atoms with Crippen LogP contribution in [0.2, 0.25) is 0 Å². The number of rotatable bonds is 4. The summed E-state index contributed by atoms with van der Waals surface area (Å²) >= 11 is 1.94. The SMILES string of the molecule is CCNCC1CCC1N1CCc2sccc2C1C. The Kier molecular flexibility index (Phi) is 3.73. The highest BCUT2D eigenvalue weighted by Gasteiger charge is 2.39. The standard InChI is InChI=1S/C15H24N2S/c1-3-16-10-12-4-5-14(12)17-8-6-15-13(11(17)2)7-9-18-15/h7,9,11-12,14,16H,3-6,8,10H2,1-2H3. The molecular weight excluding hydrogens is 240 g/mol. The van der Waals surface area contributed by atoms with Crippen LogP contribution in [-0.4, -0.2) is 30.6 Å². The van der Waals surface area contributed by atoms with Crippen molar-refractivity contribution in [2.24, 2.45) is 5.92 Å². The van der Waals surface area contributed by atoms with Crippen LogP contribution in [0, 0.1) is 5.92 Å². The Balaban J connectivity index is 1.67. The van der Waals surface area contributed by atoms with E-state index in [1.807, 2.05) is 11.3 Å². The minimum Gasteiger partial charge on any atom is -0.317 e. The van der Waals surface area contributed by atoms with Crippen LogP contribution in [0.25, 0.3) is 0 Å². The molecule has 2 heterocycles. The van der Waals surface area contributed by atoms with Gasteiger partial charge in [-0.1, -0.05) is 6.92 Å². The molecule has 0 aromatic carbocycles. The fourth-order valence-electron chi connectivity index (χ4n) is 3.54. The molecule has 0 saturated heterocycles. The van der Waals surface area contributed by atoms with Crippen molar-refractivity contribution in [2.45, 2.75) is 45.2 Å². The minimum absolute atomic E-state index is 0.634. The fourth-order valence-corrected chi connectivity index (χ4v) is 4.50. The molecule has 1 aromatic rings. The first-order valence-electron chi connectivity index (χ1n) is 7.34. The molecule has 1 saturated carbocycles. The first kappa shape index (κ1) is 12.6. The van der Waals surface area contributed by atoms with Gasteiger partial charge >= 0.3 is 0 Å². The third kappa shape index (κ3) is 2.13. The maximum Gasteiger partial charge on any atom is 0.0334 e. The van der Waals surface area contributed by atoms with Gasteiger partial charge in [0, 0.05) is 23.5 Å². The van der Waals surface area contributed by atoms with Gasteiger partial charge in [-0.2, -0.15) is 0 Å². The van der Waals surface area contributed by atoms with E-state index in [0.29, 0.717) is 6.04 Å². The topological polar surface area (TPSA) is 15.3 Å². The number of fused-ring (bicyclic) bond motifs is 1. The molecule has 1 N–H and O–H groups in total. The van der Waals surface area contributed by atoms with Crippen molar-refractivity contribution < 1.29 is 0 Å². The van der Waals surface area contributed by atoms with Crippen molar-refractivity contribution in [1.29, 1.82) is 0 Å². The molecule has 2 nitrogen and oxygen atoms in total. The molecule has 1 aliphatic heterocycles. The summed E-state index contributed by atoms with van der Waals surface area (Å²) in [6.45, 7) is 8.18. The molecule has 3 rings (SSSR count). The molecule has 3 atom stereocenters. The quantitative estimate of drug-likeness (QED) is 0.899. The van der Waals surface area contributed by atoms with Crippen molar-refractivity contribution >= 4 is 11.3 Å². The van der Waals surface area contributed by atoms with E-state index in [4.69, 9.17) is 0 Å². The summed E-state index contributed by atoms with van der Waals surface area (Å²) in [5.41, 5.74) is 1.60. The van der Waals surface area contributed by atoms with E-state index < -0.39 is 0 Å². The Morgan fingerprint density at radius 3 is 3.06 bits per heavy atom. The monoisotopic (exact) mass is 264 g/mol. The molecule has 0 amide bonds. The van der Waals surface area contributed by atoms with Crippen molar-refractivity contribution in [2.75, 3.05) is 19.6 Å². The van der Waals surface area contributed by atoms with E-state index in [9.17, 15) is 0 Å². The maximum atomic E-state index is 3.52. The zero-order valence-electron chi connectivity index (χ0n) is 11.5. The van der Waals surface area contributed by atoms with Crippen LogP contribution < -0.4 is 5.32 Å². The molecule has 1 aromatic heterocycles. The summed E-state index contributed by atoms with van der Waals surface area (Å²) in [4.78, 5) is 4.39. The average Bonchev–Trinajstić information content (AvgIpc) is 2.81. The van der Waals surface area contributed by atoms with Crippen molar-refractivity contribution in [3.05, 3.63) is 21.9 Å². The van der Waals surface area contributed by atoms with Gasteiger partial charge in [-0.25, -0.2) is 0 Å². The van der Waals surface area contributed by atoms with Gasteiger partial charge in [-0.3, -0.25) is 4.90 Å². The molecule has 3 heteroatoms. The molecule has 1 aliphatic carbocycles. The Bertz CT molecular complexity index is 401. The Labute approximate surface area is 114 Å². The normalized spacial score (nSPS) is 32.0. The summed E-state index contributed by atoms with van der Waals surface area (Å²) in [6, 6.07) is 3.80. The van der Waals surface area contributed by atoms with Crippen LogP contribution in [0.5, 0.6) is 0 Å². The first-order chi connectivity index (χ1) is 8.81. The second kappa shape index (κ2) is 5.32. The van der Waals surface area contributed by atoms with E-state index in [-0.39, 0.29) is 0 Å². The predicted octanol–water partition coefficient (Wildman–Crippen LogP) is 3.06. The summed E-state index contributed by atoms with van der Waals surface area (Å²) in [7, 11) is 0. The van der Waals surface area contributed by atoms with Crippen molar-refractivity contribution in [3.63, 3.8) is 0 Å². The molecule has 2 aliphatic rings. The molecule has 18 heavy (non-hydrogen) atoms. The third-order valence-electron chi connectivity index (χ3n) is 4.78. The molecule has 0 spiro atoms. The van der Waals surface area contributed by atoms with E-state index in [0.717, 1.165) is 18.5 Å². The largest absolute Gasteiger partial charge is 0.317 e. The number of thiophene rings is 1. The van der Waals surface area contributed by atoms with Gasteiger partial charge in [-0.15, -0.1) is 11.3 Å². The molecular formula is C15H24N2S. The molecule has 3 unspecified atom stereocenters. The second-order valence-corrected chi connectivity index (χ2v) is 6.68. The van der Waals surface area contributed by atoms with E-state index in [2.05, 4.69) is 35.5 Å². The zero-order chi connectivity index (χ0) is 12.5. The van der Waals surface area contributed by atoms with E-state index >= 15 is 0 Å².